The van der Waals surface area contributed by atoms with Gasteiger partial charge in [-0.1, -0.05) is 12.1 Å². The number of ether oxygens (including phenoxy) is 1. The molecule has 1 aromatic carbocycles. The van der Waals surface area contributed by atoms with E-state index >= 15 is 0 Å². The van der Waals surface area contributed by atoms with Crippen LogP contribution in [0.1, 0.15) is 26.2 Å². The van der Waals surface area contributed by atoms with Gasteiger partial charge in [-0.25, -0.2) is 14.8 Å². The van der Waals surface area contributed by atoms with Gasteiger partial charge in [0.05, 0.1) is 23.6 Å². The molecule has 1 atom stereocenters. The van der Waals surface area contributed by atoms with E-state index in [1.54, 1.807) is 16.7 Å². The van der Waals surface area contributed by atoms with Gasteiger partial charge >= 0.3 is 6.09 Å². The van der Waals surface area contributed by atoms with Crippen LogP contribution in [0.15, 0.2) is 24.3 Å². The van der Waals surface area contributed by atoms with Gasteiger partial charge in [-0.05, 0) is 38.3 Å². The Bertz CT molecular complexity index is 918. The second-order valence-corrected chi connectivity index (χ2v) is 7.61. The molecule has 2 aliphatic heterocycles. The number of likely N-dealkylation sites (tertiary alicyclic amines) is 1. The van der Waals surface area contributed by atoms with Gasteiger partial charge in [-0.15, -0.1) is 0 Å². The lowest BCUT2D eigenvalue weighted by molar-refractivity contribution is -0.123. The van der Waals surface area contributed by atoms with Crippen LogP contribution < -0.4 is 9.80 Å². The molecule has 0 radical (unpaired) electrons. The van der Waals surface area contributed by atoms with Gasteiger partial charge in [0.15, 0.2) is 11.6 Å². The molecule has 3 heterocycles. The van der Waals surface area contributed by atoms with Crippen molar-refractivity contribution < 1.29 is 14.3 Å². The lowest BCUT2D eigenvalue weighted by Gasteiger charge is -2.34. The fourth-order valence-electron chi connectivity index (χ4n) is 4.09. The van der Waals surface area contributed by atoms with Gasteiger partial charge in [-0.2, -0.15) is 0 Å². The zero-order chi connectivity index (χ0) is 20.4. The van der Waals surface area contributed by atoms with E-state index in [0.29, 0.717) is 32.1 Å². The van der Waals surface area contributed by atoms with Crippen LogP contribution in [-0.4, -0.2) is 66.7 Å². The Morgan fingerprint density at radius 2 is 1.79 bits per heavy atom. The average Bonchev–Trinajstić information content (AvgIpc) is 2.90. The smallest absolute Gasteiger partial charge is 0.409 e. The van der Waals surface area contributed by atoms with E-state index in [0.717, 1.165) is 42.7 Å². The number of carbonyl (C=O) groups excluding carboxylic acids is 2. The van der Waals surface area contributed by atoms with E-state index < -0.39 is 0 Å². The zero-order valence-corrected chi connectivity index (χ0v) is 17.0. The Balaban J connectivity index is 1.64. The molecule has 2 amide bonds. The summed E-state index contributed by atoms with van der Waals surface area (Å²) in [7, 11) is 1.99. The van der Waals surface area contributed by atoms with Gasteiger partial charge < -0.3 is 14.5 Å². The molecule has 2 aliphatic rings. The summed E-state index contributed by atoms with van der Waals surface area (Å²) in [4.78, 5) is 40.7. The second kappa shape index (κ2) is 8.23. The van der Waals surface area contributed by atoms with Crippen molar-refractivity contribution in [3.05, 3.63) is 24.3 Å². The van der Waals surface area contributed by atoms with Crippen LogP contribution in [0.3, 0.4) is 0 Å². The molecular weight excluding hydrogens is 370 g/mol. The number of hydrogen-bond acceptors (Lipinski definition) is 6. The summed E-state index contributed by atoms with van der Waals surface area (Å²) >= 11 is 0. The predicted molar refractivity (Wildman–Crippen MR) is 111 cm³/mol. The Labute approximate surface area is 170 Å². The molecule has 29 heavy (non-hydrogen) atoms. The van der Waals surface area contributed by atoms with E-state index in [-0.39, 0.29) is 17.9 Å². The van der Waals surface area contributed by atoms with Crippen molar-refractivity contribution in [3.8, 4) is 0 Å². The largest absolute Gasteiger partial charge is 0.450 e. The van der Waals surface area contributed by atoms with E-state index in [9.17, 15) is 9.59 Å². The lowest BCUT2D eigenvalue weighted by atomic mass is 9.96. The highest BCUT2D eigenvalue weighted by atomic mass is 16.6. The first-order chi connectivity index (χ1) is 14.1. The van der Waals surface area contributed by atoms with Crippen LogP contribution in [-0.2, 0) is 9.53 Å². The maximum Gasteiger partial charge on any atom is 0.409 e. The third-order valence-corrected chi connectivity index (χ3v) is 5.59. The Hall–Kier alpha value is -2.90. The zero-order valence-electron chi connectivity index (χ0n) is 17.0. The maximum absolute atomic E-state index is 13.5. The van der Waals surface area contributed by atoms with Crippen molar-refractivity contribution in [3.63, 3.8) is 0 Å². The minimum atomic E-state index is -0.341. The normalized spacial score (nSPS) is 19.7. The molecule has 0 saturated carbocycles. The average molecular weight is 397 g/mol. The molecule has 8 heteroatoms. The molecule has 2 aromatic rings. The van der Waals surface area contributed by atoms with Crippen LogP contribution in [0.2, 0.25) is 0 Å². The minimum absolute atomic E-state index is 0.0140. The quantitative estimate of drug-likeness (QED) is 0.775. The third kappa shape index (κ3) is 3.83. The Morgan fingerprint density at radius 1 is 1.07 bits per heavy atom. The molecule has 1 saturated heterocycles. The van der Waals surface area contributed by atoms with Gasteiger partial charge in [0.2, 0.25) is 5.91 Å². The number of anilines is 2. The maximum atomic E-state index is 13.5. The first-order valence-electron chi connectivity index (χ1n) is 10.3. The summed E-state index contributed by atoms with van der Waals surface area (Å²) in [6.07, 6.45) is 2.05. The fraction of sp³-hybridized carbons (Fsp3) is 0.524. The summed E-state index contributed by atoms with van der Waals surface area (Å²) in [5.74, 6) is 1.10. The highest BCUT2D eigenvalue weighted by Crippen LogP contribution is 2.32. The molecular formula is C21H27N5O3. The topological polar surface area (TPSA) is 78.9 Å². The first-order valence-corrected chi connectivity index (χ1v) is 10.3. The van der Waals surface area contributed by atoms with E-state index in [4.69, 9.17) is 14.7 Å². The first kappa shape index (κ1) is 19.4. The number of nitrogens with zero attached hydrogens (tertiary/aromatic N) is 5. The van der Waals surface area contributed by atoms with E-state index in [1.807, 2.05) is 31.3 Å². The molecule has 0 N–H and O–H groups in total. The van der Waals surface area contributed by atoms with Crippen molar-refractivity contribution in [2.75, 3.05) is 49.6 Å². The van der Waals surface area contributed by atoms with Crippen LogP contribution in [0, 0.1) is 5.92 Å². The van der Waals surface area contributed by atoms with Gasteiger partial charge in [0.1, 0.15) is 0 Å². The minimum Gasteiger partial charge on any atom is -0.450 e. The van der Waals surface area contributed by atoms with Crippen molar-refractivity contribution >= 4 is 34.7 Å². The molecule has 0 bridgehead atoms. The number of aromatic nitrogens is 2. The van der Waals surface area contributed by atoms with Crippen molar-refractivity contribution in [2.24, 2.45) is 5.92 Å². The highest BCUT2D eigenvalue weighted by molar-refractivity contribution is 5.98. The number of benzene rings is 1. The molecule has 154 valence electrons. The number of carbonyl (C=O) groups is 2. The van der Waals surface area contributed by atoms with Crippen molar-refractivity contribution in [1.82, 2.24) is 14.9 Å². The van der Waals surface area contributed by atoms with Gasteiger partial charge in [0.25, 0.3) is 0 Å². The predicted octanol–water partition coefficient (Wildman–Crippen LogP) is 2.67. The van der Waals surface area contributed by atoms with Crippen molar-refractivity contribution in [2.45, 2.75) is 26.2 Å². The van der Waals surface area contributed by atoms with Crippen molar-refractivity contribution in [1.29, 1.82) is 0 Å². The number of rotatable bonds is 2. The molecule has 0 spiro atoms. The highest BCUT2D eigenvalue weighted by Gasteiger charge is 2.35. The SMILES string of the molecule is CCOC(=O)N1CCC[C@H](C(=O)N2CCCN(C)c3nc4ccccc4nc32)C1. The van der Waals surface area contributed by atoms with Crippen LogP contribution in [0.4, 0.5) is 16.4 Å². The molecule has 0 aliphatic carbocycles. The molecule has 8 nitrogen and oxygen atoms in total. The van der Waals surface area contributed by atoms with Crippen LogP contribution in [0.5, 0.6) is 0 Å². The summed E-state index contributed by atoms with van der Waals surface area (Å²) in [6, 6.07) is 7.72. The Morgan fingerprint density at radius 3 is 2.52 bits per heavy atom. The van der Waals surface area contributed by atoms with Gasteiger partial charge in [-0.3, -0.25) is 9.69 Å². The van der Waals surface area contributed by atoms with Crippen LogP contribution >= 0.6 is 0 Å². The monoisotopic (exact) mass is 397 g/mol. The molecule has 1 fully saturated rings. The number of amides is 2. The second-order valence-electron chi connectivity index (χ2n) is 7.61. The summed E-state index contributed by atoms with van der Waals surface area (Å²) in [5, 5.41) is 0. The number of fused-ring (bicyclic) bond motifs is 2. The summed E-state index contributed by atoms with van der Waals surface area (Å²) in [6.45, 7) is 4.55. The number of hydrogen-bond donors (Lipinski definition) is 0. The molecule has 4 rings (SSSR count). The lowest BCUT2D eigenvalue weighted by Crippen LogP contribution is -2.47. The Kier molecular flexibility index (Phi) is 5.51. The molecule has 1 aromatic heterocycles. The van der Waals surface area contributed by atoms with E-state index in [2.05, 4.69) is 4.90 Å². The fourth-order valence-corrected chi connectivity index (χ4v) is 4.09. The van der Waals surface area contributed by atoms with E-state index in [1.165, 1.54) is 0 Å². The number of piperidine rings is 1. The molecule has 0 unspecified atom stereocenters. The summed E-state index contributed by atoms with van der Waals surface area (Å²) in [5.41, 5.74) is 1.59. The number of para-hydroxylation sites is 2. The van der Waals surface area contributed by atoms with Crippen LogP contribution in [0.25, 0.3) is 11.0 Å². The summed E-state index contributed by atoms with van der Waals surface area (Å²) < 4.78 is 5.13. The third-order valence-electron chi connectivity index (χ3n) is 5.59. The standard InChI is InChI=1S/C21H27N5O3/c1-3-29-21(28)25-12-6-8-15(14-25)20(27)26-13-7-11-24(2)18-19(26)23-17-10-5-4-9-16(17)22-18/h4-5,9-10,15H,3,6-8,11-14H2,1-2H3/t15-/m0/s1. The van der Waals surface area contributed by atoms with Gasteiger partial charge in [0, 0.05) is 33.2 Å².